The summed E-state index contributed by atoms with van der Waals surface area (Å²) < 4.78 is 93.1. The van der Waals surface area contributed by atoms with Crippen molar-refractivity contribution < 1.29 is 216 Å². The van der Waals surface area contributed by atoms with E-state index >= 15 is 0 Å². The van der Waals surface area contributed by atoms with E-state index in [1.165, 1.54) is 0 Å². The van der Waals surface area contributed by atoms with Crippen molar-refractivity contribution in [3.8, 4) is 0 Å². The molecule has 1 aliphatic carbocycles. The molecule has 0 aliphatic heterocycles. The molecule has 1 rings (SSSR count). The maximum atomic E-state index is 11.4. The van der Waals surface area contributed by atoms with E-state index in [9.17, 15) is 27.4 Å². The van der Waals surface area contributed by atoms with Gasteiger partial charge in [0, 0.05) is 102 Å². The van der Waals surface area contributed by atoms with Crippen LogP contribution in [0.3, 0.4) is 0 Å². The van der Waals surface area contributed by atoms with E-state index < -0.39 is 83.6 Å². The van der Waals surface area contributed by atoms with E-state index in [4.69, 9.17) is 58.7 Å². The maximum absolute atomic E-state index is 11.4. The molecule has 6 radical (unpaired) electrons. The summed E-state index contributed by atoms with van der Waals surface area (Å²) in [7, 11) is -36.1. The summed E-state index contributed by atoms with van der Waals surface area (Å²) in [6.07, 6.45) is -18.9. The van der Waals surface area contributed by atoms with Crippen LogP contribution < -0.4 is 0 Å². The Bertz CT molecular complexity index is 843. The van der Waals surface area contributed by atoms with Crippen molar-refractivity contribution in [3.63, 3.8) is 0 Å². The largest absolute Gasteiger partial charge is 0.470 e. The first kappa shape index (κ1) is 58.0. The van der Waals surface area contributed by atoms with Crippen molar-refractivity contribution >= 4 is 46.9 Å². The van der Waals surface area contributed by atoms with E-state index in [2.05, 4.69) is 27.1 Å². The van der Waals surface area contributed by atoms with Gasteiger partial charge in [-0.3, -0.25) is 27.1 Å². The van der Waals surface area contributed by atoms with E-state index in [0.29, 0.717) is 0 Å². The first-order chi connectivity index (χ1) is 15.6. The molecule has 42 heavy (non-hydrogen) atoms. The van der Waals surface area contributed by atoms with E-state index in [1.807, 2.05) is 0 Å². The molecule has 0 saturated heterocycles. The number of phosphoric acid groups is 6. The van der Waals surface area contributed by atoms with Gasteiger partial charge in [0.05, 0.1) is 0 Å². The molecule has 0 bridgehead atoms. The SMILES string of the molecule is O=P(O)(O)OC1C(OP(=O)(O)O)C(OP(=O)(O)O)C(OP(=O)(O)O)C(OP(=O)(O)O)C1OP(=O)(O)O.[Cu].[Cu].[Cu].[Cu].[Cu].[Cu]. The topological polar surface area (TPSA) is 401 Å². The first-order valence-electron chi connectivity index (χ1n) is 8.01. The van der Waals surface area contributed by atoms with Gasteiger partial charge in [0.2, 0.25) is 0 Å². The van der Waals surface area contributed by atoms with Crippen LogP contribution in [0.4, 0.5) is 0 Å². The second-order valence-electron chi connectivity index (χ2n) is 6.36. The Balaban J connectivity index is -0.000000540. The number of phosphoric ester groups is 6. The van der Waals surface area contributed by atoms with E-state index in [-0.39, 0.29) is 102 Å². The average Bonchev–Trinajstić information content (AvgIpc) is 2.51. The summed E-state index contributed by atoms with van der Waals surface area (Å²) in [6, 6.07) is 0. The summed E-state index contributed by atoms with van der Waals surface area (Å²) in [5.41, 5.74) is 0. The van der Waals surface area contributed by atoms with Crippen LogP contribution in [-0.2, 0) is 157 Å². The third-order valence-electron chi connectivity index (χ3n) is 3.50. The molecule has 1 aliphatic rings. The first-order valence-corrected chi connectivity index (χ1v) is 17.2. The summed E-state index contributed by atoms with van der Waals surface area (Å²) in [6.45, 7) is 0. The van der Waals surface area contributed by atoms with Crippen molar-refractivity contribution in [1.82, 2.24) is 0 Å². The fraction of sp³-hybridized carbons (Fsp3) is 1.00. The predicted octanol–water partition coefficient (Wildman–Crippen LogP) is -3.15. The van der Waals surface area contributed by atoms with Crippen LogP contribution in [0.1, 0.15) is 0 Å². The molecule has 282 valence electrons. The molecule has 0 atom stereocenters. The molecule has 36 heteroatoms. The molecular formula is C6H18Cu6O24P6. The molecule has 0 spiro atoms. The van der Waals surface area contributed by atoms with Gasteiger partial charge in [-0.1, -0.05) is 0 Å². The van der Waals surface area contributed by atoms with Crippen LogP contribution in [0.25, 0.3) is 0 Å². The number of hydrogen-bond donors (Lipinski definition) is 12. The van der Waals surface area contributed by atoms with E-state index in [1.54, 1.807) is 0 Å². The Morgan fingerprint density at radius 2 is 0.333 bits per heavy atom. The Hall–Kier alpha value is 3.78. The molecular weight excluding hydrogens is 1020 g/mol. The Morgan fingerprint density at radius 3 is 0.381 bits per heavy atom. The van der Waals surface area contributed by atoms with Crippen molar-refractivity contribution in [2.45, 2.75) is 36.6 Å². The minimum absolute atomic E-state index is 0. The molecule has 0 unspecified atom stereocenters. The standard InChI is InChI=1S/C6H18O24P6.6Cu/c7-31(8,9)25-1-2(26-32(10,11)12)4(28-34(16,17)18)6(30-36(22,23)24)5(29-35(19,20)21)3(1)27-33(13,14)15;;;;;;/h1-6H,(H2,7,8,9)(H2,10,11,12)(H2,13,14,15)(H2,16,17,18)(H2,19,20,21)(H2,22,23,24);;;;;;. The van der Waals surface area contributed by atoms with Crippen LogP contribution in [0.2, 0.25) is 0 Å². The Kier molecular flexibility index (Phi) is 29.1. The van der Waals surface area contributed by atoms with Crippen LogP contribution in [0, 0.1) is 0 Å². The fourth-order valence-corrected chi connectivity index (χ4v) is 6.14. The minimum atomic E-state index is -6.02. The molecule has 1 fully saturated rings. The summed E-state index contributed by atoms with van der Waals surface area (Å²) in [4.78, 5) is 110. The van der Waals surface area contributed by atoms with Crippen molar-refractivity contribution in [2.24, 2.45) is 0 Å². The second kappa shape index (κ2) is 21.1. The van der Waals surface area contributed by atoms with Gasteiger partial charge in [-0.15, -0.1) is 0 Å². The Labute approximate surface area is 297 Å². The monoisotopic (exact) mass is 1040 g/mol. The van der Waals surface area contributed by atoms with Gasteiger partial charge in [0.25, 0.3) is 0 Å². The molecule has 24 nitrogen and oxygen atoms in total. The zero-order chi connectivity index (χ0) is 28.7. The van der Waals surface area contributed by atoms with Gasteiger partial charge in [0.15, 0.2) is 0 Å². The molecule has 0 heterocycles. The molecule has 0 amide bonds. The summed E-state index contributed by atoms with van der Waals surface area (Å²) in [5.74, 6) is 0. The maximum Gasteiger partial charge on any atom is 0.470 e. The zero-order valence-electron chi connectivity index (χ0n) is 18.2. The predicted molar refractivity (Wildman–Crippen MR) is 102 cm³/mol. The zero-order valence-corrected chi connectivity index (χ0v) is 29.2. The second-order valence-corrected chi connectivity index (χ2v) is 13.5. The van der Waals surface area contributed by atoms with E-state index in [0.717, 1.165) is 0 Å². The molecule has 0 aromatic rings. The average molecular weight is 1040 g/mol. The van der Waals surface area contributed by atoms with Gasteiger partial charge in [-0.25, -0.2) is 27.4 Å². The smallest absolute Gasteiger partial charge is 0.303 e. The molecule has 0 aromatic heterocycles. The number of rotatable bonds is 12. The number of hydrogen-bond acceptors (Lipinski definition) is 12. The third-order valence-corrected chi connectivity index (χ3v) is 6.61. The Morgan fingerprint density at radius 1 is 0.262 bits per heavy atom. The van der Waals surface area contributed by atoms with Crippen LogP contribution in [0.5, 0.6) is 0 Å². The molecule has 12 N–H and O–H groups in total. The normalized spacial score (nSPS) is 25.1. The van der Waals surface area contributed by atoms with Crippen LogP contribution in [-0.4, -0.2) is 95.3 Å². The van der Waals surface area contributed by atoms with Gasteiger partial charge in [0.1, 0.15) is 36.6 Å². The van der Waals surface area contributed by atoms with Gasteiger partial charge < -0.3 is 58.7 Å². The van der Waals surface area contributed by atoms with Crippen molar-refractivity contribution in [1.29, 1.82) is 0 Å². The third kappa shape index (κ3) is 24.0. The van der Waals surface area contributed by atoms with Crippen molar-refractivity contribution in [2.75, 3.05) is 0 Å². The molecule has 1 saturated carbocycles. The summed E-state index contributed by atoms with van der Waals surface area (Å²) in [5, 5.41) is 0. The van der Waals surface area contributed by atoms with Crippen LogP contribution in [0.15, 0.2) is 0 Å². The fourth-order valence-electron chi connectivity index (χ4n) is 2.79. The summed E-state index contributed by atoms with van der Waals surface area (Å²) >= 11 is 0. The minimum Gasteiger partial charge on any atom is -0.303 e. The quantitative estimate of drug-likeness (QED) is 0.0678. The van der Waals surface area contributed by atoms with Gasteiger partial charge in [-0.05, 0) is 0 Å². The van der Waals surface area contributed by atoms with Crippen LogP contribution >= 0.6 is 46.9 Å². The van der Waals surface area contributed by atoms with Crippen molar-refractivity contribution in [3.05, 3.63) is 0 Å². The van der Waals surface area contributed by atoms with Gasteiger partial charge >= 0.3 is 46.9 Å². The van der Waals surface area contributed by atoms with Gasteiger partial charge in [-0.2, -0.15) is 0 Å². The molecule has 0 aromatic carbocycles.